The minimum atomic E-state index is -3.91. The quantitative estimate of drug-likeness (QED) is 0.0483. The van der Waals surface area contributed by atoms with Crippen molar-refractivity contribution in [1.29, 1.82) is 0 Å². The average Bonchev–Trinajstić information content (AvgIpc) is 3.16. The normalized spacial score (nSPS) is 10.8. The Hall–Kier alpha value is -2.24. The summed E-state index contributed by atoms with van der Waals surface area (Å²) in [5.74, 6) is -1.23. The fraction of sp³-hybridized carbons (Fsp3) is 0.314. The predicted molar refractivity (Wildman–Crippen MR) is 231 cm³/mol. The van der Waals surface area contributed by atoms with Gasteiger partial charge >= 0.3 is 3.18 Å². The van der Waals surface area contributed by atoms with E-state index in [1.807, 2.05) is 26.0 Å². The SMILES string of the molecule is BrB(Br)Br.CCc1ccc(Oc2ccc(S(=O)(=O)NCCO)cc2F)c(O)c1.CCc1ccc(Oc2ccc(S(=O)(=O)NCCOC)cc2F)c(OC)c1.ClCCl. The second-order valence-corrected chi connectivity index (χ2v) is 21.5. The van der Waals surface area contributed by atoms with E-state index in [0.29, 0.717) is 11.5 Å². The summed E-state index contributed by atoms with van der Waals surface area (Å²) in [5, 5.41) is 18.7. The van der Waals surface area contributed by atoms with Gasteiger partial charge in [0.2, 0.25) is 20.0 Å². The number of halogens is 7. The Bertz CT molecular complexity index is 2060. The van der Waals surface area contributed by atoms with Crippen molar-refractivity contribution >= 4 is 93.7 Å². The Balaban J connectivity index is 0.000000491. The molecule has 0 aromatic heterocycles. The monoisotopic (exact) mass is 1070 g/mol. The maximum absolute atomic E-state index is 14.4. The van der Waals surface area contributed by atoms with Crippen LogP contribution in [-0.2, 0) is 37.6 Å². The first kappa shape index (κ1) is 52.8. The number of phenols is 1. The second kappa shape index (κ2) is 27.5. The first-order chi connectivity index (χ1) is 26.9. The molecule has 0 spiro atoms. The van der Waals surface area contributed by atoms with Crippen LogP contribution in [0.4, 0.5) is 8.78 Å². The molecule has 0 amide bonds. The largest absolute Gasteiger partial charge is 0.504 e. The molecule has 4 aromatic carbocycles. The van der Waals surface area contributed by atoms with Crippen LogP contribution < -0.4 is 23.7 Å². The molecule has 0 atom stereocenters. The number of aryl methyl sites for hydroxylation is 2. The highest BCUT2D eigenvalue weighted by molar-refractivity contribution is 9.69. The van der Waals surface area contributed by atoms with Gasteiger partial charge in [-0.05, 0) is 84.6 Å². The second-order valence-electron chi connectivity index (χ2n) is 10.7. The molecule has 0 aliphatic heterocycles. The van der Waals surface area contributed by atoms with Crippen molar-refractivity contribution in [3.05, 3.63) is 95.6 Å². The van der Waals surface area contributed by atoms with Crippen molar-refractivity contribution in [3.8, 4) is 34.5 Å². The van der Waals surface area contributed by atoms with E-state index in [1.165, 1.54) is 44.6 Å². The summed E-state index contributed by atoms with van der Waals surface area (Å²) in [4.78, 5) is -0.474. The molecule has 0 unspecified atom stereocenters. The van der Waals surface area contributed by atoms with E-state index in [2.05, 4.69) is 56.7 Å². The Morgan fingerprint density at radius 2 is 1.11 bits per heavy atom. The average molecular weight is 1070 g/mol. The lowest BCUT2D eigenvalue weighted by molar-refractivity contribution is 0.204. The van der Waals surface area contributed by atoms with E-state index in [-0.39, 0.29) is 67.6 Å². The van der Waals surface area contributed by atoms with E-state index < -0.39 is 31.7 Å². The van der Waals surface area contributed by atoms with Gasteiger partial charge in [0, 0.05) is 20.2 Å². The summed E-state index contributed by atoms with van der Waals surface area (Å²) < 4.78 is 102. The maximum atomic E-state index is 14.4. The van der Waals surface area contributed by atoms with Gasteiger partial charge in [0.1, 0.15) is 0 Å². The van der Waals surface area contributed by atoms with Gasteiger partial charge in [0.05, 0.1) is 35.5 Å². The van der Waals surface area contributed by atoms with Crippen LogP contribution in [0.3, 0.4) is 0 Å². The van der Waals surface area contributed by atoms with Crippen LogP contribution in [0.5, 0.6) is 34.5 Å². The van der Waals surface area contributed by atoms with Crippen molar-refractivity contribution in [2.24, 2.45) is 0 Å². The zero-order valence-corrected chi connectivity index (χ0v) is 39.0. The van der Waals surface area contributed by atoms with E-state index in [4.69, 9.17) is 47.3 Å². The highest BCUT2D eigenvalue weighted by Crippen LogP contribution is 2.35. The van der Waals surface area contributed by atoms with Gasteiger partial charge in [0.25, 0.3) is 0 Å². The summed E-state index contributed by atoms with van der Waals surface area (Å²) in [6, 6.07) is 16.7. The van der Waals surface area contributed by atoms with Gasteiger partial charge in [0.15, 0.2) is 46.1 Å². The van der Waals surface area contributed by atoms with E-state index >= 15 is 0 Å². The number of methoxy groups -OCH3 is 2. The van der Waals surface area contributed by atoms with Gasteiger partial charge in [-0.2, -0.15) is 0 Å². The van der Waals surface area contributed by atoms with Crippen molar-refractivity contribution in [1.82, 2.24) is 9.44 Å². The van der Waals surface area contributed by atoms with Crippen LogP contribution in [0.1, 0.15) is 25.0 Å². The molecule has 22 heteroatoms. The summed E-state index contributed by atoms with van der Waals surface area (Å²) in [7, 11) is -4.76. The minimum Gasteiger partial charge on any atom is -0.504 e. The van der Waals surface area contributed by atoms with Crippen LogP contribution in [-0.4, -0.2) is 76.1 Å². The number of hydrogen-bond acceptors (Lipinski definition) is 10. The van der Waals surface area contributed by atoms with Gasteiger partial charge in [-0.1, -0.05) is 26.0 Å². The number of aliphatic hydroxyl groups is 1. The molecule has 0 saturated heterocycles. The molecule has 0 radical (unpaired) electrons. The third-order valence-corrected chi connectivity index (χ3v) is 9.85. The molecule has 0 bridgehead atoms. The molecule has 4 aromatic rings. The minimum absolute atomic E-state index is 0.0695. The number of aromatic hydroxyl groups is 1. The Morgan fingerprint density at radius 3 is 1.51 bits per heavy atom. The van der Waals surface area contributed by atoms with Gasteiger partial charge in [-0.15, -0.1) is 70.5 Å². The van der Waals surface area contributed by atoms with E-state index in [9.17, 15) is 30.7 Å². The van der Waals surface area contributed by atoms with Gasteiger partial charge < -0.3 is 29.2 Å². The smallest absolute Gasteiger partial charge is 0.369 e. The van der Waals surface area contributed by atoms with Crippen LogP contribution in [0.25, 0.3) is 0 Å². The molecule has 0 aliphatic rings. The number of benzene rings is 4. The zero-order chi connectivity index (χ0) is 43.2. The lowest BCUT2D eigenvalue weighted by Crippen LogP contribution is -2.27. The number of phenolic OH excluding ortho intramolecular Hbond substituents is 1. The van der Waals surface area contributed by atoms with E-state index in [1.54, 1.807) is 12.1 Å². The fourth-order valence-electron chi connectivity index (χ4n) is 4.21. The number of aliphatic hydroxyl groups excluding tert-OH is 1. The van der Waals surface area contributed by atoms with Crippen LogP contribution in [0, 0.1) is 11.6 Å². The van der Waals surface area contributed by atoms with Crippen LogP contribution in [0.2, 0.25) is 0 Å². The van der Waals surface area contributed by atoms with Crippen molar-refractivity contribution in [2.45, 2.75) is 36.5 Å². The summed E-state index contributed by atoms with van der Waals surface area (Å²) in [6.07, 6.45) is 1.56. The number of nitrogens with one attached hydrogen (secondary N) is 2. The van der Waals surface area contributed by atoms with Crippen molar-refractivity contribution < 1.29 is 54.8 Å². The summed E-state index contributed by atoms with van der Waals surface area (Å²) in [6.45, 7) is 3.72. The first-order valence-corrected chi connectivity index (χ1v) is 23.3. The molecule has 4 N–H and O–H groups in total. The topological polar surface area (TPSA) is 170 Å². The van der Waals surface area contributed by atoms with Crippen LogP contribution in [0.15, 0.2) is 82.6 Å². The molecule has 57 heavy (non-hydrogen) atoms. The number of hydrogen-bond donors (Lipinski definition) is 4. The predicted octanol–water partition coefficient (Wildman–Crippen LogP) is 8.85. The standard InChI is InChI=1S/C18H22FNO5S.C16H18FNO5S.CH2Cl2.BBr3/c1-4-13-5-7-17(18(11-13)24-3)25-16-8-6-14(12-15(16)19)26(21,22)20-9-10-23-2;1-2-11-3-5-16(14(20)9-11)23-15-6-4-12(10-13(15)17)24(21,22)18-7-8-19;2-1-3;2-1(3)4/h5-8,11-12,20H,4,9-10H2,1-3H3;3-6,9-10,18-20H,2,7-8H2,1H3;1H2;. The van der Waals surface area contributed by atoms with Gasteiger partial charge in [-0.3, -0.25) is 0 Å². The fourth-order valence-corrected chi connectivity index (χ4v) is 6.27. The lowest BCUT2D eigenvalue weighted by atomic mass is 10.1. The molecule has 4 rings (SSSR count). The zero-order valence-electron chi connectivity index (χ0n) is 31.1. The Labute approximate surface area is 367 Å². The third kappa shape index (κ3) is 19.1. The van der Waals surface area contributed by atoms with Crippen LogP contribution >= 0.6 is 70.5 Å². The molecular formula is C35H42BBr3Cl2F2N2O10S2. The number of ether oxygens (including phenoxy) is 4. The number of alkyl halides is 2. The molecule has 316 valence electrons. The molecule has 0 heterocycles. The third-order valence-electron chi connectivity index (χ3n) is 6.94. The van der Waals surface area contributed by atoms with Crippen molar-refractivity contribution in [3.63, 3.8) is 0 Å². The highest BCUT2D eigenvalue weighted by Gasteiger charge is 2.19. The summed E-state index contributed by atoms with van der Waals surface area (Å²) in [5.41, 5.74) is 1.95. The first-order valence-electron chi connectivity index (χ1n) is 16.5. The molecule has 12 nitrogen and oxygen atoms in total. The van der Waals surface area contributed by atoms with Gasteiger partial charge in [-0.25, -0.2) is 35.1 Å². The number of rotatable bonds is 16. The Morgan fingerprint density at radius 1 is 0.684 bits per heavy atom. The molecule has 0 saturated carbocycles. The number of sulfonamides is 2. The lowest BCUT2D eigenvalue weighted by Gasteiger charge is -2.13. The molecule has 0 fully saturated rings. The van der Waals surface area contributed by atoms with Crippen molar-refractivity contribution in [2.75, 3.05) is 45.9 Å². The Kier molecular flexibility index (Phi) is 25.5. The summed E-state index contributed by atoms with van der Waals surface area (Å²) >= 11 is 18.8. The molecule has 0 aliphatic carbocycles. The maximum Gasteiger partial charge on any atom is 0.369 e. The molecular weight excluding hydrogens is 1030 g/mol. The highest BCUT2D eigenvalue weighted by atomic mass is 79.9. The van der Waals surface area contributed by atoms with E-state index in [0.717, 1.165) is 42.2 Å².